The van der Waals surface area contributed by atoms with Gasteiger partial charge in [-0.3, -0.25) is 4.79 Å². The number of hydrogen-bond acceptors (Lipinski definition) is 4. The van der Waals surface area contributed by atoms with E-state index in [1.807, 2.05) is 0 Å². The van der Waals surface area contributed by atoms with Crippen molar-refractivity contribution in [3.05, 3.63) is 29.3 Å². The summed E-state index contributed by atoms with van der Waals surface area (Å²) in [5.74, 6) is -1.13. The van der Waals surface area contributed by atoms with Crippen LogP contribution in [0.1, 0.15) is 12.8 Å². The van der Waals surface area contributed by atoms with Crippen LogP contribution < -0.4 is 0 Å². The van der Waals surface area contributed by atoms with E-state index in [2.05, 4.69) is 0 Å². The summed E-state index contributed by atoms with van der Waals surface area (Å²) in [4.78, 5) is 13.8. The number of halogens is 3. The Morgan fingerprint density at radius 2 is 2.04 bits per heavy atom. The molecule has 1 heterocycles. The molecule has 152 valence electrons. The Balaban J connectivity index is 2.13. The predicted octanol–water partition coefficient (Wildman–Crippen LogP) is 2.48. The highest BCUT2D eigenvalue weighted by Crippen LogP contribution is 2.26. The van der Waals surface area contributed by atoms with Crippen LogP contribution in [-0.4, -0.2) is 69.9 Å². The van der Waals surface area contributed by atoms with Crippen LogP contribution in [0.4, 0.5) is 8.78 Å². The van der Waals surface area contributed by atoms with Gasteiger partial charge in [-0.05, 0) is 37.1 Å². The van der Waals surface area contributed by atoms with E-state index in [4.69, 9.17) is 16.3 Å². The quantitative estimate of drug-likeness (QED) is 0.643. The van der Waals surface area contributed by atoms with E-state index in [-0.39, 0.29) is 31.1 Å². The summed E-state index contributed by atoms with van der Waals surface area (Å²) < 4.78 is 57.3. The highest BCUT2D eigenvalue weighted by molar-refractivity contribution is 7.89. The normalized spacial score (nSPS) is 18.6. The molecule has 10 heteroatoms. The number of nitrogens with zero attached hydrogens (tertiary/aromatic N) is 2. The second-order valence-electron chi connectivity index (χ2n) is 6.32. The molecule has 1 aromatic rings. The van der Waals surface area contributed by atoms with Gasteiger partial charge in [0.2, 0.25) is 15.9 Å². The van der Waals surface area contributed by atoms with Gasteiger partial charge in [0.1, 0.15) is 0 Å². The number of sulfonamides is 1. The smallest absolute Gasteiger partial charge is 0.255 e. The third-order valence-electron chi connectivity index (χ3n) is 4.42. The van der Waals surface area contributed by atoms with Crippen LogP contribution in [0.2, 0.25) is 5.02 Å². The Bertz CT molecular complexity index is 731. The lowest BCUT2D eigenvalue weighted by Gasteiger charge is -2.34. The molecule has 1 saturated heterocycles. The highest BCUT2D eigenvalue weighted by Gasteiger charge is 2.35. The summed E-state index contributed by atoms with van der Waals surface area (Å²) in [6, 6.07) is 5.78. The van der Waals surface area contributed by atoms with E-state index in [1.165, 1.54) is 35.7 Å². The molecule has 27 heavy (non-hydrogen) atoms. The minimum absolute atomic E-state index is 0.0312. The zero-order chi connectivity index (χ0) is 20.0. The molecule has 0 spiro atoms. The number of alkyl halides is 2. The van der Waals surface area contributed by atoms with Gasteiger partial charge >= 0.3 is 0 Å². The van der Waals surface area contributed by atoms with Crippen LogP contribution in [0.3, 0.4) is 0 Å². The fourth-order valence-electron chi connectivity index (χ4n) is 3.04. The first-order chi connectivity index (χ1) is 12.8. The second-order valence-corrected chi connectivity index (χ2v) is 8.70. The van der Waals surface area contributed by atoms with Crippen molar-refractivity contribution in [1.29, 1.82) is 0 Å². The van der Waals surface area contributed by atoms with Crippen molar-refractivity contribution < 1.29 is 26.7 Å². The molecule has 1 aliphatic heterocycles. The van der Waals surface area contributed by atoms with Crippen LogP contribution in [0.5, 0.6) is 0 Å². The van der Waals surface area contributed by atoms with Crippen molar-refractivity contribution in [2.75, 3.05) is 39.9 Å². The Hall–Kier alpha value is -1.29. The fraction of sp³-hybridized carbons (Fsp3) is 0.588. The van der Waals surface area contributed by atoms with Crippen LogP contribution in [0.25, 0.3) is 0 Å². The lowest BCUT2D eigenvalue weighted by molar-refractivity contribution is -0.139. The van der Waals surface area contributed by atoms with Crippen molar-refractivity contribution in [2.24, 2.45) is 5.92 Å². The average Bonchev–Trinajstić information content (AvgIpc) is 2.64. The summed E-state index contributed by atoms with van der Waals surface area (Å²) in [5.41, 5.74) is 0. The number of benzene rings is 1. The molecular formula is C17H23ClF2N2O4S. The van der Waals surface area contributed by atoms with Gasteiger partial charge in [0.25, 0.3) is 6.43 Å². The maximum Gasteiger partial charge on any atom is 0.255 e. The molecule has 1 atom stereocenters. The van der Waals surface area contributed by atoms with Gasteiger partial charge in [0.15, 0.2) is 0 Å². The molecule has 0 bridgehead atoms. The van der Waals surface area contributed by atoms with E-state index in [0.717, 1.165) is 4.90 Å². The standard InChI is InChI=1S/C17H23ClF2N2O4S/c1-26-10-9-21(12-16(19)20)17(23)13-3-2-8-22(11-13)27(24,25)15-6-4-14(18)5-7-15/h4-7,13,16H,2-3,8-12H2,1H3. The second kappa shape index (κ2) is 9.77. The van der Waals surface area contributed by atoms with Crippen molar-refractivity contribution >= 4 is 27.5 Å². The van der Waals surface area contributed by atoms with Gasteiger partial charge in [0.05, 0.1) is 24.0 Å². The van der Waals surface area contributed by atoms with Crippen molar-refractivity contribution in [2.45, 2.75) is 24.2 Å². The molecule has 1 aromatic carbocycles. The van der Waals surface area contributed by atoms with Crippen LogP contribution in [0.15, 0.2) is 29.2 Å². The number of carbonyl (C=O) groups excluding carboxylic acids is 1. The Morgan fingerprint density at radius 3 is 2.63 bits per heavy atom. The first-order valence-corrected chi connectivity index (χ1v) is 10.4. The number of rotatable bonds is 8. The van der Waals surface area contributed by atoms with Crippen molar-refractivity contribution in [3.8, 4) is 0 Å². The summed E-state index contributed by atoms with van der Waals surface area (Å²) in [5, 5.41) is 0.418. The molecule has 0 aliphatic carbocycles. The summed E-state index contributed by atoms with van der Waals surface area (Å²) in [6.45, 7) is -0.265. The maximum atomic E-state index is 12.8. The molecular weight excluding hydrogens is 402 g/mol. The SMILES string of the molecule is COCCN(CC(F)F)C(=O)C1CCCN(S(=O)(=O)c2ccc(Cl)cc2)C1. The van der Waals surface area contributed by atoms with Crippen molar-refractivity contribution in [3.63, 3.8) is 0 Å². The topological polar surface area (TPSA) is 66.9 Å². The zero-order valence-electron chi connectivity index (χ0n) is 15.0. The Labute approximate surface area is 163 Å². The molecule has 1 fully saturated rings. The molecule has 0 radical (unpaired) electrons. The lowest BCUT2D eigenvalue weighted by Crippen LogP contribution is -2.48. The lowest BCUT2D eigenvalue weighted by atomic mass is 9.98. The number of amides is 1. The Morgan fingerprint density at radius 1 is 1.37 bits per heavy atom. The molecule has 0 aromatic heterocycles. The number of ether oxygens (including phenoxy) is 1. The summed E-state index contributed by atoms with van der Waals surface area (Å²) in [6.07, 6.45) is -1.72. The molecule has 6 nitrogen and oxygen atoms in total. The predicted molar refractivity (Wildman–Crippen MR) is 97.4 cm³/mol. The summed E-state index contributed by atoms with van der Waals surface area (Å²) in [7, 11) is -2.36. The van der Waals surface area contributed by atoms with Crippen LogP contribution >= 0.6 is 11.6 Å². The van der Waals surface area contributed by atoms with Gasteiger partial charge in [0, 0.05) is 31.8 Å². The first kappa shape index (κ1) is 22.0. The zero-order valence-corrected chi connectivity index (χ0v) is 16.6. The number of carbonyl (C=O) groups is 1. The average molecular weight is 425 g/mol. The number of methoxy groups -OCH3 is 1. The third kappa shape index (κ3) is 5.84. The van der Waals surface area contributed by atoms with E-state index >= 15 is 0 Å². The van der Waals surface area contributed by atoms with E-state index in [9.17, 15) is 22.0 Å². The van der Waals surface area contributed by atoms with E-state index < -0.39 is 34.8 Å². The molecule has 0 saturated carbocycles. The van der Waals surface area contributed by atoms with Gasteiger partial charge in [-0.15, -0.1) is 0 Å². The van der Waals surface area contributed by atoms with Gasteiger partial charge in [-0.2, -0.15) is 4.31 Å². The third-order valence-corrected chi connectivity index (χ3v) is 6.55. The molecule has 1 unspecified atom stereocenters. The molecule has 0 N–H and O–H groups in total. The highest BCUT2D eigenvalue weighted by atomic mass is 35.5. The number of piperidine rings is 1. The van der Waals surface area contributed by atoms with Crippen LogP contribution in [0, 0.1) is 5.92 Å². The number of hydrogen-bond donors (Lipinski definition) is 0. The molecule has 2 rings (SSSR count). The monoisotopic (exact) mass is 424 g/mol. The first-order valence-electron chi connectivity index (χ1n) is 8.57. The van der Waals surface area contributed by atoms with Crippen molar-refractivity contribution in [1.82, 2.24) is 9.21 Å². The van der Waals surface area contributed by atoms with E-state index in [0.29, 0.717) is 17.9 Å². The molecule has 1 aliphatic rings. The van der Waals surface area contributed by atoms with Gasteiger partial charge < -0.3 is 9.64 Å². The maximum absolute atomic E-state index is 12.8. The largest absolute Gasteiger partial charge is 0.383 e. The minimum atomic E-state index is -3.78. The summed E-state index contributed by atoms with van der Waals surface area (Å²) >= 11 is 5.80. The van der Waals surface area contributed by atoms with Gasteiger partial charge in [-0.1, -0.05) is 11.6 Å². The van der Waals surface area contributed by atoms with Gasteiger partial charge in [-0.25, -0.2) is 17.2 Å². The fourth-order valence-corrected chi connectivity index (χ4v) is 4.69. The molecule has 1 amide bonds. The minimum Gasteiger partial charge on any atom is -0.383 e. The Kier molecular flexibility index (Phi) is 7.96. The van der Waals surface area contributed by atoms with Crippen LogP contribution in [-0.2, 0) is 19.6 Å². The van der Waals surface area contributed by atoms with E-state index in [1.54, 1.807) is 0 Å².